The van der Waals surface area contributed by atoms with E-state index >= 15 is 0 Å². The Kier molecular flexibility index (Phi) is 11.9. The summed E-state index contributed by atoms with van der Waals surface area (Å²) in [6.45, 7) is 16.0. The zero-order chi connectivity index (χ0) is 32.5. The van der Waals surface area contributed by atoms with Gasteiger partial charge >= 0.3 is 11.9 Å². The van der Waals surface area contributed by atoms with Crippen molar-refractivity contribution in [2.24, 2.45) is 10.9 Å². The van der Waals surface area contributed by atoms with Crippen molar-refractivity contribution < 1.29 is 24.3 Å². The lowest BCUT2D eigenvalue weighted by Crippen LogP contribution is -2.34. The fraction of sp³-hybridized carbons (Fsp3) is 0.529. The molecule has 0 saturated carbocycles. The summed E-state index contributed by atoms with van der Waals surface area (Å²) in [6.07, 6.45) is 2.69. The lowest BCUT2D eigenvalue weighted by Gasteiger charge is -2.29. The van der Waals surface area contributed by atoms with E-state index in [1.54, 1.807) is 0 Å². The number of carbonyl (C=O) groups is 2. The molecule has 2 heterocycles. The Balaban J connectivity index is 0.000000241. The SMILES string of the molecule is CC(C)(C)OC(=O)CCN1CCc2ccc(C#N)cc2C1.CC(C)(C)OC(=O)CCN1CCc2ccc(C(N)=NO)cc2C1. The van der Waals surface area contributed by atoms with Crippen molar-refractivity contribution in [3.63, 3.8) is 0 Å². The van der Waals surface area contributed by atoms with E-state index in [2.05, 4.69) is 21.0 Å². The molecule has 10 heteroatoms. The molecule has 4 rings (SSSR count). The molecule has 0 bridgehead atoms. The van der Waals surface area contributed by atoms with Gasteiger partial charge in [-0.05, 0) is 94.8 Å². The van der Waals surface area contributed by atoms with Crippen molar-refractivity contribution in [1.29, 1.82) is 5.26 Å². The Hall–Kier alpha value is -3.94. The molecule has 44 heavy (non-hydrogen) atoms. The first-order chi connectivity index (χ1) is 20.7. The van der Waals surface area contributed by atoms with Gasteiger partial charge in [-0.25, -0.2) is 0 Å². The first kappa shape index (κ1) is 34.5. The molecule has 3 N–H and O–H groups in total. The average molecular weight is 606 g/mol. The molecule has 2 aliphatic heterocycles. The highest BCUT2D eigenvalue weighted by molar-refractivity contribution is 5.97. The highest BCUT2D eigenvalue weighted by atomic mass is 16.6. The predicted octanol–water partition coefficient (Wildman–Crippen LogP) is 4.52. The van der Waals surface area contributed by atoms with Crippen molar-refractivity contribution in [2.45, 2.75) is 91.5 Å². The van der Waals surface area contributed by atoms with E-state index in [0.717, 1.165) is 44.6 Å². The minimum absolute atomic E-state index is 0.110. The lowest BCUT2D eigenvalue weighted by atomic mass is 9.97. The number of rotatable bonds is 7. The van der Waals surface area contributed by atoms with Gasteiger partial charge in [0, 0.05) is 44.8 Å². The smallest absolute Gasteiger partial charge is 0.307 e. The van der Waals surface area contributed by atoms with Gasteiger partial charge in [-0.15, -0.1) is 0 Å². The summed E-state index contributed by atoms with van der Waals surface area (Å²) in [5.74, 6) is -0.216. The molecular formula is C34H47N5O5. The number of nitrogens with two attached hydrogens (primary N) is 1. The fourth-order valence-corrected chi connectivity index (χ4v) is 5.18. The first-order valence-electron chi connectivity index (χ1n) is 15.2. The Morgan fingerprint density at radius 3 is 1.77 bits per heavy atom. The van der Waals surface area contributed by atoms with Crippen molar-refractivity contribution >= 4 is 17.8 Å². The number of ether oxygens (including phenoxy) is 2. The van der Waals surface area contributed by atoms with E-state index in [1.807, 2.05) is 77.9 Å². The van der Waals surface area contributed by atoms with Gasteiger partial charge in [-0.1, -0.05) is 23.4 Å². The van der Waals surface area contributed by atoms with Crippen LogP contribution >= 0.6 is 0 Å². The number of oxime groups is 1. The minimum Gasteiger partial charge on any atom is -0.460 e. The number of hydrogen-bond donors (Lipinski definition) is 2. The largest absolute Gasteiger partial charge is 0.460 e. The second-order valence-electron chi connectivity index (χ2n) is 13.3. The van der Waals surface area contributed by atoms with Crippen molar-refractivity contribution in [1.82, 2.24) is 9.80 Å². The van der Waals surface area contributed by atoms with Crippen molar-refractivity contribution in [3.05, 3.63) is 69.8 Å². The maximum atomic E-state index is 11.8. The van der Waals surface area contributed by atoms with Crippen LogP contribution in [0.4, 0.5) is 0 Å². The summed E-state index contributed by atoms with van der Waals surface area (Å²) in [5, 5.41) is 20.8. The lowest BCUT2D eigenvalue weighted by molar-refractivity contribution is -0.156. The Bertz CT molecular complexity index is 1380. The highest BCUT2D eigenvalue weighted by Gasteiger charge is 2.22. The molecule has 0 atom stereocenters. The van der Waals surface area contributed by atoms with E-state index in [4.69, 9.17) is 25.7 Å². The van der Waals surface area contributed by atoms with Gasteiger partial charge in [-0.2, -0.15) is 5.26 Å². The maximum Gasteiger partial charge on any atom is 0.307 e. The molecule has 2 aliphatic rings. The Morgan fingerprint density at radius 2 is 1.32 bits per heavy atom. The number of benzene rings is 2. The molecule has 2 aromatic carbocycles. The zero-order valence-corrected chi connectivity index (χ0v) is 27.0. The van der Waals surface area contributed by atoms with Gasteiger partial charge in [0.1, 0.15) is 11.2 Å². The van der Waals surface area contributed by atoms with E-state index < -0.39 is 11.2 Å². The van der Waals surface area contributed by atoms with Crippen LogP contribution in [0.15, 0.2) is 41.6 Å². The highest BCUT2D eigenvalue weighted by Crippen LogP contribution is 2.22. The van der Waals surface area contributed by atoms with Gasteiger partial charge in [0.2, 0.25) is 0 Å². The van der Waals surface area contributed by atoms with Crippen LogP contribution in [0.25, 0.3) is 0 Å². The minimum atomic E-state index is -0.443. The predicted molar refractivity (Wildman–Crippen MR) is 169 cm³/mol. The van der Waals surface area contributed by atoms with Crippen LogP contribution in [-0.4, -0.2) is 70.2 Å². The van der Waals surface area contributed by atoms with Gasteiger partial charge in [-0.3, -0.25) is 19.4 Å². The Morgan fingerprint density at radius 1 is 0.841 bits per heavy atom. The number of amidine groups is 1. The molecule has 10 nitrogen and oxygen atoms in total. The van der Waals surface area contributed by atoms with E-state index in [-0.39, 0.29) is 17.8 Å². The molecule has 0 radical (unpaired) electrons. The fourth-order valence-electron chi connectivity index (χ4n) is 5.18. The third-order valence-corrected chi connectivity index (χ3v) is 7.23. The van der Waals surface area contributed by atoms with Crippen LogP contribution in [0, 0.1) is 11.3 Å². The molecular weight excluding hydrogens is 558 g/mol. The van der Waals surface area contributed by atoms with Crippen LogP contribution in [0.2, 0.25) is 0 Å². The van der Waals surface area contributed by atoms with E-state index in [9.17, 15) is 9.59 Å². The number of esters is 2. The molecule has 0 aromatic heterocycles. The van der Waals surface area contributed by atoms with Crippen LogP contribution in [-0.2, 0) is 45.0 Å². The quantitative estimate of drug-likeness (QED) is 0.153. The summed E-state index contributed by atoms with van der Waals surface area (Å²) in [5.41, 5.74) is 11.1. The monoisotopic (exact) mass is 605 g/mol. The summed E-state index contributed by atoms with van der Waals surface area (Å²) >= 11 is 0. The third-order valence-electron chi connectivity index (χ3n) is 7.23. The summed E-state index contributed by atoms with van der Waals surface area (Å²) in [6, 6.07) is 13.9. The van der Waals surface area contributed by atoms with Crippen LogP contribution in [0.1, 0.15) is 87.8 Å². The van der Waals surface area contributed by atoms with Crippen molar-refractivity contribution in [2.75, 3.05) is 26.2 Å². The topological polar surface area (TPSA) is 141 Å². The van der Waals surface area contributed by atoms with Crippen molar-refractivity contribution in [3.8, 4) is 6.07 Å². The zero-order valence-electron chi connectivity index (χ0n) is 27.0. The van der Waals surface area contributed by atoms with Crippen LogP contribution in [0.3, 0.4) is 0 Å². The number of fused-ring (bicyclic) bond motifs is 2. The van der Waals surface area contributed by atoms with Gasteiger partial charge in [0.05, 0.1) is 24.5 Å². The standard InChI is InChI=1S/C17H25N3O3.C17H22N2O2/c1-17(2,3)23-15(21)7-9-20-8-6-12-4-5-13(16(18)19-22)10-14(12)11-20;1-17(2,3)21-16(20)7-9-19-8-6-14-5-4-13(11-18)10-15(14)12-19/h4-5,10,22H,6-9,11H2,1-3H3,(H2,18,19);4-5,10H,6-9,12H2,1-3H3. The first-order valence-corrected chi connectivity index (χ1v) is 15.2. The normalized spacial score (nSPS) is 15.6. The molecule has 238 valence electrons. The molecule has 0 unspecified atom stereocenters. The molecule has 0 fully saturated rings. The van der Waals surface area contributed by atoms with E-state index in [1.165, 1.54) is 16.7 Å². The second-order valence-corrected chi connectivity index (χ2v) is 13.3. The summed E-state index contributed by atoms with van der Waals surface area (Å²) in [7, 11) is 0. The second kappa shape index (κ2) is 15.2. The number of carbonyl (C=O) groups excluding carboxylic acids is 2. The molecule has 0 amide bonds. The molecule has 0 saturated heterocycles. The molecule has 0 spiro atoms. The molecule has 0 aliphatic carbocycles. The maximum absolute atomic E-state index is 11.8. The average Bonchev–Trinajstić information content (AvgIpc) is 2.96. The number of hydrogen-bond acceptors (Lipinski definition) is 9. The number of nitriles is 1. The number of nitrogens with zero attached hydrogens (tertiary/aromatic N) is 4. The van der Waals surface area contributed by atoms with E-state index in [0.29, 0.717) is 37.1 Å². The third kappa shape index (κ3) is 11.3. The summed E-state index contributed by atoms with van der Waals surface area (Å²) in [4.78, 5) is 28.0. The molecule has 2 aromatic rings. The van der Waals surface area contributed by atoms with Crippen LogP contribution < -0.4 is 5.73 Å². The Labute approximate surface area is 261 Å². The van der Waals surface area contributed by atoms with Gasteiger partial charge in [0.15, 0.2) is 5.84 Å². The van der Waals surface area contributed by atoms with Gasteiger partial charge in [0.25, 0.3) is 0 Å². The van der Waals surface area contributed by atoms with Crippen LogP contribution in [0.5, 0.6) is 0 Å². The van der Waals surface area contributed by atoms with Gasteiger partial charge < -0.3 is 20.4 Å². The summed E-state index contributed by atoms with van der Waals surface area (Å²) < 4.78 is 10.7.